The first-order valence-electron chi connectivity index (χ1n) is 12.7. The summed E-state index contributed by atoms with van der Waals surface area (Å²) in [5.41, 5.74) is 2.24. The highest BCUT2D eigenvalue weighted by Crippen LogP contribution is 2.26. The van der Waals surface area contributed by atoms with Crippen LogP contribution in [0.1, 0.15) is 13.8 Å². The fourth-order valence-electron chi connectivity index (χ4n) is 4.80. The van der Waals surface area contributed by atoms with Crippen molar-refractivity contribution in [3.8, 4) is 11.5 Å². The quantitative estimate of drug-likeness (QED) is 0.532. The van der Waals surface area contributed by atoms with E-state index in [9.17, 15) is 0 Å². The zero-order valence-electron chi connectivity index (χ0n) is 20.8. The highest BCUT2D eigenvalue weighted by Gasteiger charge is 2.24. The summed E-state index contributed by atoms with van der Waals surface area (Å²) in [6, 6.07) is 14.7. The van der Waals surface area contributed by atoms with E-state index >= 15 is 0 Å². The summed E-state index contributed by atoms with van der Waals surface area (Å²) in [4.78, 5) is 15.4. The van der Waals surface area contributed by atoms with Crippen molar-refractivity contribution in [1.29, 1.82) is 0 Å². The van der Waals surface area contributed by atoms with Crippen molar-refractivity contribution >= 4 is 22.4 Å². The van der Waals surface area contributed by atoms with Gasteiger partial charge in [-0.25, -0.2) is 9.97 Å². The highest BCUT2D eigenvalue weighted by molar-refractivity contribution is 5.90. The molecule has 2 fully saturated rings. The number of ether oxygens (including phenoxy) is 3. The van der Waals surface area contributed by atoms with Gasteiger partial charge in [0, 0.05) is 43.2 Å². The maximum absolute atomic E-state index is 6.03. The third-order valence-corrected chi connectivity index (χ3v) is 6.67. The van der Waals surface area contributed by atoms with Gasteiger partial charge in [-0.05, 0) is 38.1 Å². The second kappa shape index (κ2) is 11.2. The van der Waals surface area contributed by atoms with E-state index in [0.717, 1.165) is 87.2 Å². The van der Waals surface area contributed by atoms with Crippen LogP contribution in [0.3, 0.4) is 0 Å². The summed E-state index contributed by atoms with van der Waals surface area (Å²) in [6.45, 7) is 13.2. The zero-order valence-corrected chi connectivity index (χ0v) is 20.8. The Bertz CT molecular complexity index is 1090. The van der Waals surface area contributed by atoms with E-state index in [2.05, 4.69) is 63.9 Å². The molecule has 0 bridgehead atoms. The number of morpholine rings is 1. The molecule has 35 heavy (non-hydrogen) atoms. The molecule has 0 aliphatic carbocycles. The van der Waals surface area contributed by atoms with Gasteiger partial charge in [-0.2, -0.15) is 0 Å². The number of aromatic nitrogens is 2. The van der Waals surface area contributed by atoms with E-state index in [4.69, 9.17) is 14.2 Å². The summed E-state index contributed by atoms with van der Waals surface area (Å²) in [5.74, 6) is 2.79. The number of hydrogen-bond donors (Lipinski definition) is 1. The van der Waals surface area contributed by atoms with Gasteiger partial charge in [0.1, 0.15) is 35.9 Å². The lowest BCUT2D eigenvalue weighted by atomic mass is 10.2. The Labute approximate surface area is 207 Å². The number of anilines is 1. The Morgan fingerprint density at radius 1 is 0.943 bits per heavy atom. The van der Waals surface area contributed by atoms with Crippen molar-refractivity contribution in [2.45, 2.75) is 20.0 Å². The first-order chi connectivity index (χ1) is 17.2. The average Bonchev–Trinajstić information content (AvgIpc) is 2.89. The van der Waals surface area contributed by atoms with Gasteiger partial charge in [0.15, 0.2) is 0 Å². The van der Waals surface area contributed by atoms with Crippen molar-refractivity contribution in [2.24, 2.45) is 0 Å². The fraction of sp³-hybridized carbons (Fsp3) is 0.481. The summed E-state index contributed by atoms with van der Waals surface area (Å²) in [6.07, 6.45) is 1.86. The zero-order chi connectivity index (χ0) is 24.0. The van der Waals surface area contributed by atoms with Crippen molar-refractivity contribution in [3.05, 3.63) is 48.8 Å². The van der Waals surface area contributed by atoms with E-state index in [1.165, 1.54) is 10.6 Å². The van der Waals surface area contributed by atoms with Gasteiger partial charge in [0.05, 0.1) is 51.0 Å². The third-order valence-electron chi connectivity index (χ3n) is 6.67. The number of hydrogen-bond acceptors (Lipinski definition) is 7. The molecule has 0 atom stereocenters. The maximum atomic E-state index is 6.03. The SMILES string of the molecule is CC(C)Oc1ccc([NH+]2CCN(c3ncnc4cc(OCCN5CCOCC5)ccc34)CC2)cc1. The van der Waals surface area contributed by atoms with Crippen molar-refractivity contribution in [2.75, 3.05) is 70.5 Å². The molecule has 3 aromatic rings. The number of nitrogens with zero attached hydrogens (tertiary/aromatic N) is 4. The molecule has 2 aliphatic heterocycles. The minimum Gasteiger partial charge on any atom is -0.492 e. The number of fused-ring (bicyclic) bond motifs is 1. The molecule has 186 valence electrons. The molecule has 2 aromatic carbocycles. The lowest BCUT2D eigenvalue weighted by molar-refractivity contribution is -0.833. The standard InChI is InChI=1S/C27H35N5O3/c1-21(2)35-23-5-3-22(4-6-23)31-9-11-32(12-10-31)27-25-8-7-24(19-26(25)28-20-29-27)34-18-15-30-13-16-33-17-14-30/h3-8,19-21H,9-18H2,1-2H3/p+1. The fourth-order valence-corrected chi connectivity index (χ4v) is 4.80. The predicted molar refractivity (Wildman–Crippen MR) is 137 cm³/mol. The molecular weight excluding hydrogens is 442 g/mol. The summed E-state index contributed by atoms with van der Waals surface area (Å²) < 4.78 is 17.2. The second-order valence-electron chi connectivity index (χ2n) is 9.46. The normalized spacial score (nSPS) is 17.7. The Balaban J connectivity index is 1.19. The van der Waals surface area contributed by atoms with Crippen LogP contribution in [0.5, 0.6) is 11.5 Å². The number of benzene rings is 2. The molecule has 0 unspecified atom stereocenters. The molecule has 0 radical (unpaired) electrons. The highest BCUT2D eigenvalue weighted by atomic mass is 16.5. The van der Waals surface area contributed by atoms with Crippen LogP contribution < -0.4 is 19.3 Å². The summed E-state index contributed by atoms with van der Waals surface area (Å²) >= 11 is 0. The van der Waals surface area contributed by atoms with Gasteiger partial charge >= 0.3 is 0 Å². The molecule has 1 aromatic heterocycles. The van der Waals surface area contributed by atoms with Crippen LogP contribution in [0.15, 0.2) is 48.8 Å². The topological polar surface area (TPSA) is 64.4 Å². The Hall–Kier alpha value is -2.94. The molecule has 8 nitrogen and oxygen atoms in total. The van der Waals surface area contributed by atoms with E-state index in [1.807, 2.05) is 12.1 Å². The largest absolute Gasteiger partial charge is 0.492 e. The van der Waals surface area contributed by atoms with Crippen LogP contribution in [0.25, 0.3) is 10.9 Å². The Kier molecular flexibility index (Phi) is 7.61. The van der Waals surface area contributed by atoms with E-state index < -0.39 is 0 Å². The first-order valence-corrected chi connectivity index (χ1v) is 12.7. The molecule has 1 N–H and O–H groups in total. The minimum absolute atomic E-state index is 0.192. The smallest absolute Gasteiger partial charge is 0.140 e. The molecular formula is C27H36N5O3+. The number of quaternary nitrogens is 1. The second-order valence-corrected chi connectivity index (χ2v) is 9.46. The van der Waals surface area contributed by atoms with Crippen LogP contribution in [-0.2, 0) is 4.74 Å². The number of nitrogens with one attached hydrogen (secondary N) is 1. The van der Waals surface area contributed by atoms with Crippen molar-refractivity contribution in [3.63, 3.8) is 0 Å². The van der Waals surface area contributed by atoms with Crippen LogP contribution in [0, 0.1) is 0 Å². The predicted octanol–water partition coefficient (Wildman–Crippen LogP) is 2.16. The van der Waals surface area contributed by atoms with Crippen molar-refractivity contribution < 1.29 is 19.1 Å². The minimum atomic E-state index is 0.192. The maximum Gasteiger partial charge on any atom is 0.140 e. The molecule has 3 heterocycles. The lowest BCUT2D eigenvalue weighted by Gasteiger charge is -2.33. The van der Waals surface area contributed by atoms with E-state index in [-0.39, 0.29) is 6.10 Å². The third kappa shape index (κ3) is 6.01. The Morgan fingerprint density at radius 3 is 2.43 bits per heavy atom. The van der Waals surface area contributed by atoms with Crippen LogP contribution in [0.4, 0.5) is 11.5 Å². The molecule has 5 rings (SSSR count). The molecule has 8 heteroatoms. The molecule has 0 spiro atoms. The molecule has 0 amide bonds. The summed E-state index contributed by atoms with van der Waals surface area (Å²) in [5, 5.41) is 1.08. The first kappa shape index (κ1) is 23.8. The van der Waals surface area contributed by atoms with Crippen LogP contribution in [-0.4, -0.2) is 86.6 Å². The molecule has 2 saturated heterocycles. The Morgan fingerprint density at radius 2 is 1.69 bits per heavy atom. The monoisotopic (exact) mass is 478 g/mol. The van der Waals surface area contributed by atoms with Gasteiger partial charge < -0.3 is 19.1 Å². The van der Waals surface area contributed by atoms with Crippen LogP contribution >= 0.6 is 0 Å². The number of piperazine rings is 1. The number of rotatable bonds is 8. The molecule has 0 saturated carbocycles. The van der Waals surface area contributed by atoms with Gasteiger partial charge in [0.2, 0.25) is 0 Å². The van der Waals surface area contributed by atoms with Gasteiger partial charge in [-0.3, -0.25) is 9.80 Å². The van der Waals surface area contributed by atoms with Crippen LogP contribution in [0.2, 0.25) is 0 Å². The van der Waals surface area contributed by atoms with Gasteiger partial charge in [0.25, 0.3) is 0 Å². The average molecular weight is 479 g/mol. The summed E-state index contributed by atoms with van der Waals surface area (Å²) in [7, 11) is 0. The van der Waals surface area contributed by atoms with Gasteiger partial charge in [-0.1, -0.05) is 0 Å². The lowest BCUT2D eigenvalue weighted by Crippen LogP contribution is -3.10. The van der Waals surface area contributed by atoms with E-state index in [1.54, 1.807) is 6.33 Å². The van der Waals surface area contributed by atoms with Crippen molar-refractivity contribution in [1.82, 2.24) is 14.9 Å². The van der Waals surface area contributed by atoms with E-state index in [0.29, 0.717) is 6.61 Å². The molecule has 2 aliphatic rings. The van der Waals surface area contributed by atoms with Gasteiger partial charge in [-0.15, -0.1) is 0 Å².